The largest absolute Gasteiger partial charge is 0.457 e. The first kappa shape index (κ1) is 42.3. The second kappa shape index (κ2) is 18.4. The minimum Gasteiger partial charge on any atom is -0.457 e. The summed E-state index contributed by atoms with van der Waals surface area (Å²) in [7, 11) is 0. The fourth-order valence-corrected chi connectivity index (χ4v) is 10.1. The molecule has 336 valence electrons. The molecule has 0 radical (unpaired) electrons. The number of hydrogen-bond acceptors (Lipinski definition) is 13. The van der Waals surface area contributed by atoms with Gasteiger partial charge in [0.25, 0.3) is 5.91 Å². The molecule has 3 amide bonds. The van der Waals surface area contributed by atoms with Gasteiger partial charge in [0.1, 0.15) is 35.4 Å². The van der Waals surface area contributed by atoms with Crippen molar-refractivity contribution in [2.45, 2.75) is 57.2 Å². The molecule has 1 unspecified atom stereocenters. The van der Waals surface area contributed by atoms with Crippen molar-refractivity contribution in [3.8, 4) is 22.8 Å². The number of piperazine rings is 1. The van der Waals surface area contributed by atoms with Gasteiger partial charge in [0.05, 0.1) is 18.0 Å². The lowest BCUT2D eigenvalue weighted by molar-refractivity contribution is -0.137. The molecule has 4 saturated heterocycles. The molecular formula is C49H55N11O5. The molecule has 3 aromatic carbocycles. The number of imide groups is 1. The van der Waals surface area contributed by atoms with Gasteiger partial charge in [0, 0.05) is 94.9 Å². The number of hydrogen-bond donors (Lipinski definition) is 2. The summed E-state index contributed by atoms with van der Waals surface area (Å²) in [5, 5.41) is 8.27. The maximum Gasteiger partial charge on any atom is 0.255 e. The SMILES string of the molecule is Nc1ncnc2c1c(-c1ccc(Oc3ccccc3)cc1)nn2C1CCN(CC2CCN(/C=C\C(=O)CN3CCN(c4ccc5c(c4)CN(C4CCC(=O)NC4=O)C5=O)CC3)CC2)CC1. The second-order valence-corrected chi connectivity index (χ2v) is 18.0. The van der Waals surface area contributed by atoms with Crippen LogP contribution >= 0.6 is 0 Å². The minimum atomic E-state index is -0.624. The van der Waals surface area contributed by atoms with Crippen LogP contribution in [-0.4, -0.2) is 134 Å². The van der Waals surface area contributed by atoms with Crippen LogP contribution in [0.25, 0.3) is 22.3 Å². The van der Waals surface area contributed by atoms with Gasteiger partial charge in [-0.15, -0.1) is 0 Å². The summed E-state index contributed by atoms with van der Waals surface area (Å²) in [5.74, 6) is 1.84. The Hall–Kier alpha value is -6.65. The van der Waals surface area contributed by atoms with E-state index in [1.54, 1.807) is 11.0 Å². The number of rotatable bonds is 12. The van der Waals surface area contributed by atoms with Crippen LogP contribution in [0.4, 0.5) is 11.5 Å². The highest BCUT2D eigenvalue weighted by atomic mass is 16.5. The zero-order chi connectivity index (χ0) is 44.4. The zero-order valence-electron chi connectivity index (χ0n) is 36.6. The van der Waals surface area contributed by atoms with Crippen LogP contribution in [0, 0.1) is 5.92 Å². The van der Waals surface area contributed by atoms with E-state index in [2.05, 4.69) is 39.6 Å². The van der Waals surface area contributed by atoms with Crippen LogP contribution in [0.1, 0.15) is 60.5 Å². The minimum absolute atomic E-state index is 0.116. The first-order chi connectivity index (χ1) is 31.7. The van der Waals surface area contributed by atoms with Crippen molar-refractivity contribution < 1.29 is 23.9 Å². The molecule has 7 heterocycles. The maximum absolute atomic E-state index is 13.1. The quantitative estimate of drug-likeness (QED) is 0.128. The van der Waals surface area contributed by atoms with Crippen molar-refractivity contribution in [2.75, 3.05) is 76.1 Å². The summed E-state index contributed by atoms with van der Waals surface area (Å²) in [6.45, 7) is 8.81. The second-order valence-electron chi connectivity index (χ2n) is 18.0. The molecule has 1 atom stereocenters. The fraction of sp³-hybridized carbons (Fsp3) is 0.408. The first-order valence-corrected chi connectivity index (χ1v) is 23.0. The maximum atomic E-state index is 13.1. The molecule has 65 heavy (non-hydrogen) atoms. The Morgan fingerprint density at radius 3 is 2.32 bits per heavy atom. The summed E-state index contributed by atoms with van der Waals surface area (Å²) in [6.07, 6.45) is 10.0. The zero-order valence-corrected chi connectivity index (χ0v) is 36.6. The molecule has 16 nitrogen and oxygen atoms in total. The molecule has 4 fully saturated rings. The molecule has 0 bridgehead atoms. The predicted octanol–water partition coefficient (Wildman–Crippen LogP) is 4.88. The van der Waals surface area contributed by atoms with Crippen molar-refractivity contribution in [2.24, 2.45) is 5.92 Å². The van der Waals surface area contributed by atoms with Gasteiger partial charge in [0.2, 0.25) is 11.8 Å². The number of amides is 3. The number of nitrogens with zero attached hydrogens (tertiary/aromatic N) is 9. The standard InChI is InChI=1S/C49H55N11O5/c50-46-44-45(34-6-9-40(10-7-34)65-39-4-2-1-3-5-39)54-60(47(44)52-32-51-46)36-16-21-56(22-17-36)29-33-14-19-55(20-15-33)23-18-38(61)31-57-24-26-58(27-25-57)37-8-11-41-35(28-37)30-59(49(41)64)42-12-13-43(62)53-48(42)63/h1-11,18,23,28,32-33,36,42H,12-17,19-22,24-27,29-31H2,(H2,50,51,52)(H,53,62,63)/b23-18-. The number of likely N-dealkylation sites (tertiary alicyclic amines) is 2. The highest BCUT2D eigenvalue weighted by Gasteiger charge is 2.39. The van der Waals surface area contributed by atoms with Gasteiger partial charge >= 0.3 is 0 Å². The summed E-state index contributed by atoms with van der Waals surface area (Å²) in [6, 6.07) is 23.1. The number of anilines is 2. The Bertz CT molecular complexity index is 2590. The molecule has 3 N–H and O–H groups in total. The number of para-hydroxylation sites is 1. The van der Waals surface area contributed by atoms with Crippen LogP contribution < -0.4 is 20.7 Å². The summed E-state index contributed by atoms with van der Waals surface area (Å²) in [5.41, 5.74) is 11.5. The van der Waals surface area contributed by atoms with E-state index in [9.17, 15) is 19.2 Å². The van der Waals surface area contributed by atoms with E-state index in [0.717, 1.165) is 130 Å². The highest BCUT2D eigenvalue weighted by molar-refractivity contribution is 6.05. The van der Waals surface area contributed by atoms with Gasteiger partial charge in [-0.05, 0) is 104 Å². The first-order valence-electron chi connectivity index (χ1n) is 23.0. The molecule has 2 aromatic heterocycles. The number of fused-ring (bicyclic) bond motifs is 2. The van der Waals surface area contributed by atoms with E-state index in [0.29, 0.717) is 36.8 Å². The van der Waals surface area contributed by atoms with Crippen LogP contribution in [0.3, 0.4) is 0 Å². The van der Waals surface area contributed by atoms with E-state index < -0.39 is 11.9 Å². The van der Waals surface area contributed by atoms with E-state index in [4.69, 9.17) is 15.6 Å². The third kappa shape index (κ3) is 9.18. The molecule has 5 aromatic rings. The number of benzene rings is 3. The van der Waals surface area contributed by atoms with E-state index >= 15 is 0 Å². The number of nitrogens with one attached hydrogen (secondary N) is 1. The molecule has 0 saturated carbocycles. The number of nitrogen functional groups attached to an aromatic ring is 1. The number of aromatic nitrogens is 4. The lowest BCUT2D eigenvalue weighted by Gasteiger charge is -2.37. The van der Waals surface area contributed by atoms with Crippen molar-refractivity contribution in [1.82, 2.24) is 44.7 Å². The number of ether oxygens (including phenoxy) is 1. The predicted molar refractivity (Wildman–Crippen MR) is 246 cm³/mol. The summed E-state index contributed by atoms with van der Waals surface area (Å²) >= 11 is 0. The monoisotopic (exact) mass is 877 g/mol. The molecule has 0 aliphatic carbocycles. The molecule has 5 aliphatic heterocycles. The highest BCUT2D eigenvalue weighted by Crippen LogP contribution is 2.36. The molecule has 10 rings (SSSR count). The van der Waals surface area contributed by atoms with Crippen molar-refractivity contribution >= 4 is 46.0 Å². The third-order valence-electron chi connectivity index (χ3n) is 13.8. The number of nitrogens with two attached hydrogens (primary N) is 1. The van der Waals surface area contributed by atoms with Gasteiger partial charge in [-0.2, -0.15) is 5.10 Å². The van der Waals surface area contributed by atoms with Crippen LogP contribution in [-0.2, 0) is 20.9 Å². The topological polar surface area (TPSA) is 175 Å². The average molecular weight is 878 g/mol. The third-order valence-corrected chi connectivity index (χ3v) is 13.8. The van der Waals surface area contributed by atoms with Crippen molar-refractivity contribution in [3.63, 3.8) is 0 Å². The Morgan fingerprint density at radius 1 is 0.815 bits per heavy atom. The molecule has 16 heteroatoms. The Balaban J connectivity index is 0.656. The smallest absolute Gasteiger partial charge is 0.255 e. The Kier molecular flexibility index (Phi) is 12.0. The number of piperidine rings is 3. The fourth-order valence-electron chi connectivity index (χ4n) is 10.1. The Morgan fingerprint density at radius 2 is 1.57 bits per heavy atom. The van der Waals surface area contributed by atoms with Crippen LogP contribution in [0.5, 0.6) is 11.5 Å². The van der Waals surface area contributed by atoms with Crippen LogP contribution in [0.15, 0.2) is 91.4 Å². The van der Waals surface area contributed by atoms with Gasteiger partial charge < -0.3 is 30.1 Å². The summed E-state index contributed by atoms with van der Waals surface area (Å²) in [4.78, 5) is 70.2. The average Bonchev–Trinajstić information content (AvgIpc) is 3.88. The van der Waals surface area contributed by atoms with E-state index in [-0.39, 0.29) is 30.1 Å². The van der Waals surface area contributed by atoms with Crippen LogP contribution in [0.2, 0.25) is 0 Å². The number of ketones is 1. The van der Waals surface area contributed by atoms with E-state index in [1.807, 2.05) is 79.0 Å². The van der Waals surface area contributed by atoms with Crippen molar-refractivity contribution in [1.29, 1.82) is 0 Å². The van der Waals surface area contributed by atoms with Gasteiger partial charge in [-0.3, -0.25) is 29.4 Å². The molecular weight excluding hydrogens is 823 g/mol. The number of carbonyl (C=O) groups is 4. The Labute approximate surface area is 378 Å². The van der Waals surface area contributed by atoms with Gasteiger partial charge in [-0.1, -0.05) is 18.2 Å². The van der Waals surface area contributed by atoms with Gasteiger partial charge in [-0.25, -0.2) is 14.6 Å². The summed E-state index contributed by atoms with van der Waals surface area (Å²) < 4.78 is 8.09. The number of carbonyl (C=O) groups excluding carboxylic acids is 4. The van der Waals surface area contributed by atoms with E-state index in [1.165, 1.54) is 6.33 Å². The molecule has 0 spiro atoms. The molecule has 5 aliphatic rings. The normalized spacial score (nSPS) is 20.5. The van der Waals surface area contributed by atoms with Crippen molar-refractivity contribution in [3.05, 3.63) is 103 Å². The lowest BCUT2D eigenvalue weighted by atomic mass is 9.95. The van der Waals surface area contributed by atoms with Gasteiger partial charge in [0.15, 0.2) is 11.4 Å². The lowest BCUT2D eigenvalue weighted by Crippen LogP contribution is -2.52.